The van der Waals surface area contributed by atoms with Crippen molar-refractivity contribution in [3.63, 3.8) is 0 Å². The fourth-order valence-corrected chi connectivity index (χ4v) is 4.12. The molecule has 1 aliphatic heterocycles. The average Bonchev–Trinajstić information content (AvgIpc) is 2.57. The predicted octanol–water partition coefficient (Wildman–Crippen LogP) is 2.92. The van der Waals surface area contributed by atoms with Gasteiger partial charge in [0.15, 0.2) is 5.76 Å². The molecular formula is C16H20BrNO4S. The Morgan fingerprint density at radius 1 is 1.30 bits per heavy atom. The van der Waals surface area contributed by atoms with E-state index in [2.05, 4.69) is 21.2 Å². The second-order valence-electron chi connectivity index (χ2n) is 6.21. The fraction of sp³-hybridized carbons (Fsp3) is 0.438. The normalized spacial score (nSPS) is 17.4. The lowest BCUT2D eigenvalue weighted by Crippen LogP contribution is -2.39. The number of benzene rings is 1. The highest BCUT2D eigenvalue weighted by Crippen LogP contribution is 2.39. The van der Waals surface area contributed by atoms with E-state index in [-0.39, 0.29) is 17.2 Å². The highest BCUT2D eigenvalue weighted by atomic mass is 79.9. The van der Waals surface area contributed by atoms with Crippen molar-refractivity contribution in [2.75, 3.05) is 6.26 Å². The standard InChI is InChI=1S/C16H20BrNO4S/c1-6-10-7-9(2)8-11(17)12(10)13-14(22-23(5,20)21)16(3,4)18-15(13)19/h7-8H,6H2,1-5H3,(H,18,19). The maximum atomic E-state index is 12.5. The third kappa shape index (κ3) is 3.61. The molecule has 0 unspecified atom stereocenters. The van der Waals surface area contributed by atoms with Gasteiger partial charge in [-0.05, 0) is 44.4 Å². The van der Waals surface area contributed by atoms with Gasteiger partial charge in [0.05, 0.1) is 17.4 Å². The summed E-state index contributed by atoms with van der Waals surface area (Å²) in [6.07, 6.45) is 1.68. The van der Waals surface area contributed by atoms with Crippen molar-refractivity contribution in [3.8, 4) is 0 Å². The van der Waals surface area contributed by atoms with Crippen LogP contribution in [0.3, 0.4) is 0 Å². The first-order chi connectivity index (χ1) is 10.5. The van der Waals surface area contributed by atoms with Crippen molar-refractivity contribution in [1.29, 1.82) is 0 Å². The molecule has 0 fully saturated rings. The number of rotatable bonds is 4. The van der Waals surface area contributed by atoms with Crippen LogP contribution in [-0.4, -0.2) is 26.1 Å². The van der Waals surface area contributed by atoms with E-state index in [4.69, 9.17) is 4.18 Å². The van der Waals surface area contributed by atoms with Gasteiger partial charge in [0.25, 0.3) is 5.91 Å². The van der Waals surface area contributed by atoms with E-state index in [1.54, 1.807) is 13.8 Å². The Bertz CT molecular complexity index is 810. The first kappa shape index (κ1) is 18.0. The summed E-state index contributed by atoms with van der Waals surface area (Å²) < 4.78 is 29.2. The highest BCUT2D eigenvalue weighted by Gasteiger charge is 2.43. The van der Waals surface area contributed by atoms with Gasteiger partial charge in [0.1, 0.15) is 0 Å². The Morgan fingerprint density at radius 2 is 1.91 bits per heavy atom. The minimum absolute atomic E-state index is 0.129. The fourth-order valence-electron chi connectivity index (χ4n) is 2.72. The zero-order chi connectivity index (χ0) is 17.6. The Morgan fingerprint density at radius 3 is 2.43 bits per heavy atom. The van der Waals surface area contributed by atoms with Crippen LogP contribution in [0.25, 0.3) is 5.57 Å². The van der Waals surface area contributed by atoms with Crippen molar-refractivity contribution in [2.24, 2.45) is 0 Å². The van der Waals surface area contributed by atoms with E-state index < -0.39 is 15.7 Å². The molecule has 0 saturated heterocycles. The topological polar surface area (TPSA) is 72.5 Å². The average molecular weight is 402 g/mol. The molecule has 1 N–H and O–H groups in total. The third-order valence-corrected chi connectivity index (χ3v) is 4.72. The van der Waals surface area contributed by atoms with E-state index >= 15 is 0 Å². The van der Waals surface area contributed by atoms with Gasteiger partial charge in [-0.25, -0.2) is 0 Å². The Hall–Kier alpha value is -1.34. The van der Waals surface area contributed by atoms with Crippen molar-refractivity contribution in [3.05, 3.63) is 39.1 Å². The van der Waals surface area contributed by atoms with Crippen LogP contribution < -0.4 is 5.32 Å². The molecule has 1 aromatic carbocycles. The molecule has 5 nitrogen and oxygen atoms in total. The number of halogens is 1. The lowest BCUT2D eigenvalue weighted by molar-refractivity contribution is -0.115. The maximum Gasteiger partial charge on any atom is 0.306 e. The number of hydrogen-bond acceptors (Lipinski definition) is 4. The van der Waals surface area contributed by atoms with Crippen molar-refractivity contribution in [1.82, 2.24) is 5.32 Å². The summed E-state index contributed by atoms with van der Waals surface area (Å²) >= 11 is 3.50. The molecule has 0 bridgehead atoms. The molecule has 0 saturated carbocycles. The molecule has 1 aliphatic rings. The van der Waals surface area contributed by atoms with Crippen LogP contribution in [0.5, 0.6) is 0 Å². The summed E-state index contributed by atoms with van der Waals surface area (Å²) in [6, 6.07) is 3.89. The van der Waals surface area contributed by atoms with Gasteiger partial charge in [-0.3, -0.25) is 4.79 Å². The molecule has 0 atom stereocenters. The molecule has 23 heavy (non-hydrogen) atoms. The molecule has 0 aromatic heterocycles. The van der Waals surface area contributed by atoms with Gasteiger partial charge in [-0.15, -0.1) is 0 Å². The summed E-state index contributed by atoms with van der Waals surface area (Å²) in [4.78, 5) is 12.5. The molecule has 0 spiro atoms. The van der Waals surface area contributed by atoms with E-state index in [1.165, 1.54) is 0 Å². The lowest BCUT2D eigenvalue weighted by atomic mass is 9.93. The SMILES string of the molecule is CCc1cc(C)cc(Br)c1C1=C(OS(C)(=O)=O)C(C)(C)NC1=O. The largest absolute Gasteiger partial charge is 0.384 e. The highest BCUT2D eigenvalue weighted by molar-refractivity contribution is 9.10. The van der Waals surface area contributed by atoms with Crippen LogP contribution in [-0.2, 0) is 25.5 Å². The number of amides is 1. The molecule has 2 rings (SSSR count). The van der Waals surface area contributed by atoms with Gasteiger partial charge in [-0.2, -0.15) is 8.42 Å². The van der Waals surface area contributed by atoms with E-state index in [9.17, 15) is 13.2 Å². The zero-order valence-electron chi connectivity index (χ0n) is 13.8. The summed E-state index contributed by atoms with van der Waals surface area (Å²) in [7, 11) is -3.75. The third-order valence-electron chi connectivity index (χ3n) is 3.63. The van der Waals surface area contributed by atoms with Crippen molar-refractivity contribution >= 4 is 37.5 Å². The molecule has 1 heterocycles. The van der Waals surface area contributed by atoms with Gasteiger partial charge in [-0.1, -0.05) is 28.9 Å². The van der Waals surface area contributed by atoms with Crippen molar-refractivity contribution < 1.29 is 17.4 Å². The van der Waals surface area contributed by atoms with Crippen LogP contribution >= 0.6 is 15.9 Å². The van der Waals surface area contributed by atoms with Gasteiger partial charge >= 0.3 is 10.1 Å². The van der Waals surface area contributed by atoms with Crippen LogP contribution in [0.15, 0.2) is 22.4 Å². The molecule has 126 valence electrons. The van der Waals surface area contributed by atoms with Crippen LogP contribution in [0.4, 0.5) is 0 Å². The summed E-state index contributed by atoms with van der Waals surface area (Å²) in [5.41, 5.74) is 2.06. The second kappa shape index (κ2) is 5.94. The van der Waals surface area contributed by atoms with Gasteiger partial charge < -0.3 is 9.50 Å². The molecular weight excluding hydrogens is 382 g/mol. The maximum absolute atomic E-state index is 12.5. The van der Waals surface area contributed by atoms with Crippen LogP contribution in [0.2, 0.25) is 0 Å². The van der Waals surface area contributed by atoms with E-state index in [1.807, 2.05) is 26.0 Å². The summed E-state index contributed by atoms with van der Waals surface area (Å²) in [5, 5.41) is 2.78. The number of carbonyl (C=O) groups excluding carboxylic acids is 1. The summed E-state index contributed by atoms with van der Waals surface area (Å²) in [6.45, 7) is 7.38. The Labute approximate surface area is 145 Å². The number of carbonyl (C=O) groups is 1. The van der Waals surface area contributed by atoms with E-state index in [0.717, 1.165) is 21.9 Å². The van der Waals surface area contributed by atoms with Crippen molar-refractivity contribution in [2.45, 2.75) is 39.7 Å². The number of nitrogens with one attached hydrogen (secondary N) is 1. The molecule has 1 aromatic rings. The second-order valence-corrected chi connectivity index (χ2v) is 8.63. The first-order valence-corrected chi connectivity index (χ1v) is 9.83. The molecule has 7 heteroatoms. The predicted molar refractivity (Wildman–Crippen MR) is 93.3 cm³/mol. The van der Waals surface area contributed by atoms with Gasteiger partial charge in [0, 0.05) is 10.0 Å². The molecule has 1 amide bonds. The summed E-state index contributed by atoms with van der Waals surface area (Å²) in [5.74, 6) is -0.211. The minimum Gasteiger partial charge on any atom is -0.384 e. The van der Waals surface area contributed by atoms with Crippen LogP contribution in [0, 0.1) is 6.92 Å². The number of hydrogen-bond donors (Lipinski definition) is 1. The van der Waals surface area contributed by atoms with Crippen LogP contribution in [0.1, 0.15) is 37.5 Å². The Kier molecular flexibility index (Phi) is 4.65. The Balaban J connectivity index is 2.81. The monoisotopic (exact) mass is 401 g/mol. The first-order valence-electron chi connectivity index (χ1n) is 7.22. The van der Waals surface area contributed by atoms with E-state index in [0.29, 0.717) is 12.0 Å². The quantitative estimate of drug-likeness (QED) is 0.787. The smallest absolute Gasteiger partial charge is 0.306 e. The number of aryl methyl sites for hydroxylation is 2. The zero-order valence-corrected chi connectivity index (χ0v) is 16.2. The molecule has 0 radical (unpaired) electrons. The minimum atomic E-state index is -3.75. The molecule has 0 aliphatic carbocycles. The van der Waals surface area contributed by atoms with Gasteiger partial charge in [0.2, 0.25) is 0 Å². The lowest BCUT2D eigenvalue weighted by Gasteiger charge is -2.21.